The lowest BCUT2D eigenvalue weighted by Crippen LogP contribution is -2.03. The first-order valence-corrected chi connectivity index (χ1v) is 7.15. The quantitative estimate of drug-likeness (QED) is 0.567. The van der Waals surface area contributed by atoms with Crippen LogP contribution in [0.15, 0.2) is 47.8 Å². The normalized spacial score (nSPS) is 10.7. The van der Waals surface area contributed by atoms with E-state index in [1.54, 1.807) is 11.3 Å². The molecule has 0 bridgehead atoms. The van der Waals surface area contributed by atoms with Gasteiger partial charge in [-0.25, -0.2) is 4.39 Å². The summed E-state index contributed by atoms with van der Waals surface area (Å²) in [4.78, 5) is 10.4. The number of hydrogen-bond acceptors (Lipinski definition) is 4. The van der Waals surface area contributed by atoms with Crippen LogP contribution in [0.2, 0.25) is 0 Å². The van der Waals surface area contributed by atoms with E-state index in [1.807, 2.05) is 29.6 Å². The standard InChI is InChI=1S/C15H11FN2O2S/c16-12-1-3-14(18(19)20)11(7-12)9-17-13-2-4-15-10(8-13)5-6-21-15/h1-8,17H,9H2. The fourth-order valence-electron chi connectivity index (χ4n) is 2.15. The van der Waals surface area contributed by atoms with Crippen molar-refractivity contribution < 1.29 is 9.31 Å². The van der Waals surface area contributed by atoms with Gasteiger partial charge in [-0.05, 0) is 47.2 Å². The molecule has 0 atom stereocenters. The molecule has 2 aromatic carbocycles. The molecule has 4 nitrogen and oxygen atoms in total. The topological polar surface area (TPSA) is 55.2 Å². The van der Waals surface area contributed by atoms with Crippen molar-refractivity contribution in [3.05, 3.63) is 69.3 Å². The maximum atomic E-state index is 13.3. The van der Waals surface area contributed by atoms with Crippen LogP contribution in [-0.4, -0.2) is 4.92 Å². The number of anilines is 1. The minimum atomic E-state index is -0.501. The molecule has 0 fully saturated rings. The van der Waals surface area contributed by atoms with Crippen LogP contribution in [0.3, 0.4) is 0 Å². The molecule has 21 heavy (non-hydrogen) atoms. The van der Waals surface area contributed by atoms with Crippen molar-refractivity contribution in [1.82, 2.24) is 0 Å². The van der Waals surface area contributed by atoms with Crippen molar-refractivity contribution >= 4 is 32.8 Å². The van der Waals surface area contributed by atoms with E-state index in [4.69, 9.17) is 0 Å². The van der Waals surface area contributed by atoms with Gasteiger partial charge in [0.15, 0.2) is 0 Å². The summed E-state index contributed by atoms with van der Waals surface area (Å²) < 4.78 is 14.4. The number of thiophene rings is 1. The molecule has 106 valence electrons. The first-order chi connectivity index (χ1) is 10.1. The van der Waals surface area contributed by atoms with Gasteiger partial charge in [0.2, 0.25) is 0 Å². The highest BCUT2D eigenvalue weighted by Crippen LogP contribution is 2.25. The Balaban J connectivity index is 1.83. The van der Waals surface area contributed by atoms with Gasteiger partial charge in [0, 0.05) is 23.0 Å². The maximum Gasteiger partial charge on any atom is 0.274 e. The average Bonchev–Trinajstić information content (AvgIpc) is 2.92. The monoisotopic (exact) mass is 302 g/mol. The summed E-state index contributed by atoms with van der Waals surface area (Å²) in [5.41, 5.74) is 1.09. The van der Waals surface area contributed by atoms with Gasteiger partial charge in [0.1, 0.15) is 5.82 Å². The summed E-state index contributed by atoms with van der Waals surface area (Å²) in [6.07, 6.45) is 0. The highest BCUT2D eigenvalue weighted by Gasteiger charge is 2.14. The van der Waals surface area contributed by atoms with E-state index in [0.29, 0.717) is 5.56 Å². The van der Waals surface area contributed by atoms with Crippen LogP contribution in [0, 0.1) is 15.9 Å². The third-order valence-electron chi connectivity index (χ3n) is 3.17. The third-order valence-corrected chi connectivity index (χ3v) is 4.07. The van der Waals surface area contributed by atoms with Gasteiger partial charge in [0.05, 0.1) is 10.5 Å². The molecular weight excluding hydrogens is 291 g/mol. The molecular formula is C15H11FN2O2S. The number of benzene rings is 2. The second-order valence-electron chi connectivity index (χ2n) is 4.56. The molecule has 0 amide bonds. The largest absolute Gasteiger partial charge is 0.381 e. The summed E-state index contributed by atoms with van der Waals surface area (Å²) in [6.45, 7) is 0.198. The van der Waals surface area contributed by atoms with Crippen LogP contribution >= 0.6 is 11.3 Å². The number of nitrogens with zero attached hydrogens (tertiary/aromatic N) is 1. The van der Waals surface area contributed by atoms with Crippen LogP contribution in [0.5, 0.6) is 0 Å². The van der Waals surface area contributed by atoms with Crippen molar-refractivity contribution in [2.75, 3.05) is 5.32 Å². The highest BCUT2D eigenvalue weighted by atomic mass is 32.1. The molecule has 0 spiro atoms. The van der Waals surface area contributed by atoms with Gasteiger partial charge in [-0.3, -0.25) is 10.1 Å². The Bertz CT molecular complexity index is 816. The van der Waals surface area contributed by atoms with Crippen molar-refractivity contribution in [2.45, 2.75) is 6.54 Å². The van der Waals surface area contributed by atoms with Gasteiger partial charge in [0.25, 0.3) is 5.69 Å². The molecule has 0 unspecified atom stereocenters. The van der Waals surface area contributed by atoms with Crippen molar-refractivity contribution in [3.63, 3.8) is 0 Å². The zero-order valence-electron chi connectivity index (χ0n) is 10.9. The highest BCUT2D eigenvalue weighted by molar-refractivity contribution is 7.17. The zero-order valence-corrected chi connectivity index (χ0v) is 11.7. The Morgan fingerprint density at radius 3 is 2.86 bits per heavy atom. The fourth-order valence-corrected chi connectivity index (χ4v) is 2.92. The molecule has 3 aromatic rings. The lowest BCUT2D eigenvalue weighted by molar-refractivity contribution is -0.385. The van der Waals surface area contributed by atoms with E-state index in [2.05, 4.69) is 5.32 Å². The first kappa shape index (κ1) is 13.5. The number of nitro groups is 1. The lowest BCUT2D eigenvalue weighted by atomic mass is 10.1. The lowest BCUT2D eigenvalue weighted by Gasteiger charge is -2.07. The van der Waals surface area contributed by atoms with Crippen LogP contribution in [0.25, 0.3) is 10.1 Å². The molecule has 0 aliphatic rings. The summed E-state index contributed by atoms with van der Waals surface area (Å²) in [7, 11) is 0. The van der Waals surface area contributed by atoms with E-state index in [-0.39, 0.29) is 12.2 Å². The molecule has 0 saturated carbocycles. The summed E-state index contributed by atoms with van der Waals surface area (Å²) >= 11 is 1.65. The Kier molecular flexibility index (Phi) is 3.53. The maximum absolute atomic E-state index is 13.3. The Labute approximate surface area is 124 Å². The van der Waals surface area contributed by atoms with Gasteiger partial charge in [-0.2, -0.15) is 0 Å². The van der Waals surface area contributed by atoms with Crippen molar-refractivity contribution in [3.8, 4) is 0 Å². The van der Waals surface area contributed by atoms with Crippen molar-refractivity contribution in [1.29, 1.82) is 0 Å². The van der Waals surface area contributed by atoms with E-state index < -0.39 is 10.7 Å². The van der Waals surface area contributed by atoms with Crippen LogP contribution < -0.4 is 5.32 Å². The third kappa shape index (κ3) is 2.85. The Morgan fingerprint density at radius 2 is 2.05 bits per heavy atom. The van der Waals surface area contributed by atoms with Gasteiger partial charge in [-0.1, -0.05) is 0 Å². The predicted octanol–water partition coefficient (Wildman–Crippen LogP) is 4.56. The number of fused-ring (bicyclic) bond motifs is 1. The van der Waals surface area contributed by atoms with E-state index in [0.717, 1.165) is 17.1 Å². The van der Waals surface area contributed by atoms with Gasteiger partial charge in [-0.15, -0.1) is 11.3 Å². The number of halogens is 1. The molecule has 6 heteroatoms. The molecule has 0 radical (unpaired) electrons. The molecule has 1 aromatic heterocycles. The van der Waals surface area contributed by atoms with Gasteiger partial charge < -0.3 is 5.32 Å². The number of hydrogen-bond donors (Lipinski definition) is 1. The number of nitro benzene ring substituents is 1. The average molecular weight is 302 g/mol. The molecule has 1 heterocycles. The zero-order chi connectivity index (χ0) is 14.8. The Morgan fingerprint density at radius 1 is 1.19 bits per heavy atom. The number of nitrogens with one attached hydrogen (secondary N) is 1. The van der Waals surface area contributed by atoms with Crippen molar-refractivity contribution in [2.24, 2.45) is 0 Å². The second-order valence-corrected chi connectivity index (χ2v) is 5.50. The first-order valence-electron chi connectivity index (χ1n) is 6.27. The minimum absolute atomic E-state index is 0.0829. The van der Waals surface area contributed by atoms with Crippen LogP contribution in [0.1, 0.15) is 5.56 Å². The number of rotatable bonds is 4. The van der Waals surface area contributed by atoms with Crippen LogP contribution in [-0.2, 0) is 6.54 Å². The smallest absolute Gasteiger partial charge is 0.274 e. The molecule has 0 aliphatic carbocycles. The SMILES string of the molecule is O=[N+]([O-])c1ccc(F)cc1CNc1ccc2sccc2c1. The van der Waals surface area contributed by atoms with Crippen LogP contribution in [0.4, 0.5) is 15.8 Å². The fraction of sp³-hybridized carbons (Fsp3) is 0.0667. The molecule has 3 rings (SSSR count). The molecule has 0 aliphatic heterocycles. The Hall–Kier alpha value is -2.47. The van der Waals surface area contributed by atoms with Gasteiger partial charge >= 0.3 is 0 Å². The molecule has 1 N–H and O–H groups in total. The summed E-state index contributed by atoms with van der Waals surface area (Å²) in [6, 6.07) is 11.3. The van der Waals surface area contributed by atoms with E-state index >= 15 is 0 Å². The summed E-state index contributed by atoms with van der Waals surface area (Å²) in [5.74, 6) is -0.481. The minimum Gasteiger partial charge on any atom is -0.381 e. The second kappa shape index (κ2) is 5.49. The predicted molar refractivity (Wildman–Crippen MR) is 82.2 cm³/mol. The van der Waals surface area contributed by atoms with E-state index in [1.165, 1.54) is 16.8 Å². The van der Waals surface area contributed by atoms with E-state index in [9.17, 15) is 14.5 Å². The molecule has 0 saturated heterocycles. The summed E-state index contributed by atoms with van der Waals surface area (Å²) in [5, 5.41) is 17.2.